The molecule has 8 heteroatoms. The van der Waals surface area contributed by atoms with E-state index in [-0.39, 0.29) is 23.1 Å². The van der Waals surface area contributed by atoms with E-state index in [0.29, 0.717) is 32.4 Å². The molecule has 3 aromatic carbocycles. The molecule has 0 aliphatic carbocycles. The minimum absolute atomic E-state index is 0.0969. The Hall–Kier alpha value is -3.52. The number of methoxy groups -OCH3 is 1. The van der Waals surface area contributed by atoms with Gasteiger partial charge in [0.15, 0.2) is 0 Å². The van der Waals surface area contributed by atoms with E-state index in [1.807, 2.05) is 60.7 Å². The Balaban J connectivity index is 1.51. The van der Waals surface area contributed by atoms with E-state index in [9.17, 15) is 18.0 Å². The first kappa shape index (κ1) is 28.5. The summed E-state index contributed by atoms with van der Waals surface area (Å²) in [6.45, 7) is 5.49. The van der Waals surface area contributed by atoms with Crippen LogP contribution in [0.2, 0.25) is 0 Å². The molecule has 39 heavy (non-hydrogen) atoms. The standard InChI is InChI=1S/C31H35F3N2O3/c1-29(2,15-16-30(28(35)37,22-10-6-4-7-11-22)23-12-8-5-9-13-23)36-17-14-25(21-36)39-27-19-24(31(32,33)34)18-26(20-27)38-3/h4-13,18-20,25H,14-17,21H2,1-3H3,(H2,35,37). The normalized spacial score (nSPS) is 16.7. The van der Waals surface area contributed by atoms with Gasteiger partial charge in [0.1, 0.15) is 17.6 Å². The molecular formula is C31H35F3N2O3. The van der Waals surface area contributed by atoms with Crippen LogP contribution in [0.15, 0.2) is 78.9 Å². The molecule has 1 amide bonds. The summed E-state index contributed by atoms with van der Waals surface area (Å²) < 4.78 is 51.1. The average molecular weight is 541 g/mol. The third kappa shape index (κ3) is 6.22. The van der Waals surface area contributed by atoms with Crippen LogP contribution < -0.4 is 15.2 Å². The molecule has 4 rings (SSSR count). The molecule has 0 radical (unpaired) electrons. The highest BCUT2D eigenvalue weighted by Crippen LogP contribution is 2.40. The molecule has 0 saturated carbocycles. The molecule has 1 heterocycles. The number of halogens is 3. The van der Waals surface area contributed by atoms with Crippen molar-refractivity contribution in [3.63, 3.8) is 0 Å². The number of rotatable bonds is 10. The summed E-state index contributed by atoms with van der Waals surface area (Å²) in [6.07, 6.45) is -2.96. The van der Waals surface area contributed by atoms with Crippen molar-refractivity contribution >= 4 is 5.91 Å². The van der Waals surface area contributed by atoms with Gasteiger partial charge in [-0.1, -0.05) is 60.7 Å². The van der Waals surface area contributed by atoms with Crippen molar-refractivity contribution in [1.82, 2.24) is 4.90 Å². The number of primary amides is 1. The molecule has 1 atom stereocenters. The van der Waals surface area contributed by atoms with E-state index in [1.54, 1.807) is 0 Å². The first-order chi connectivity index (χ1) is 18.5. The fourth-order valence-electron chi connectivity index (χ4n) is 5.45. The Morgan fingerprint density at radius 3 is 1.97 bits per heavy atom. The fourth-order valence-corrected chi connectivity index (χ4v) is 5.45. The maximum atomic E-state index is 13.3. The van der Waals surface area contributed by atoms with Crippen molar-refractivity contribution in [2.24, 2.45) is 5.73 Å². The summed E-state index contributed by atoms with van der Waals surface area (Å²) in [6, 6.07) is 22.7. The van der Waals surface area contributed by atoms with Crippen LogP contribution in [0.25, 0.3) is 0 Å². The summed E-state index contributed by atoms with van der Waals surface area (Å²) in [5.74, 6) is -0.177. The van der Waals surface area contributed by atoms with Crippen LogP contribution in [0.1, 0.15) is 49.8 Å². The van der Waals surface area contributed by atoms with Crippen LogP contribution in [0.5, 0.6) is 11.5 Å². The summed E-state index contributed by atoms with van der Waals surface area (Å²) in [5.41, 5.74) is 5.70. The number of ether oxygens (including phenoxy) is 2. The van der Waals surface area contributed by atoms with E-state index in [1.165, 1.54) is 13.2 Å². The third-order valence-corrected chi connectivity index (χ3v) is 7.81. The fraction of sp³-hybridized carbons (Fsp3) is 0.387. The lowest BCUT2D eigenvalue weighted by Gasteiger charge is -2.40. The highest BCUT2D eigenvalue weighted by Gasteiger charge is 2.43. The summed E-state index contributed by atoms with van der Waals surface area (Å²) >= 11 is 0. The minimum atomic E-state index is -4.50. The van der Waals surface area contributed by atoms with Crippen molar-refractivity contribution in [2.45, 2.75) is 56.3 Å². The Bertz CT molecular complexity index is 1220. The third-order valence-electron chi connectivity index (χ3n) is 7.81. The lowest BCUT2D eigenvalue weighted by atomic mass is 9.69. The molecule has 5 nitrogen and oxygen atoms in total. The van der Waals surface area contributed by atoms with Gasteiger partial charge in [0.05, 0.1) is 18.1 Å². The van der Waals surface area contributed by atoms with Crippen molar-refractivity contribution in [3.05, 3.63) is 95.6 Å². The van der Waals surface area contributed by atoms with E-state index < -0.39 is 23.1 Å². The van der Waals surface area contributed by atoms with Crippen LogP contribution in [-0.4, -0.2) is 42.6 Å². The molecule has 3 aromatic rings. The number of carbonyl (C=O) groups excluding carboxylic acids is 1. The van der Waals surface area contributed by atoms with Gasteiger partial charge in [-0.05, 0) is 56.4 Å². The molecule has 0 spiro atoms. The zero-order valence-corrected chi connectivity index (χ0v) is 22.5. The van der Waals surface area contributed by atoms with Gasteiger partial charge >= 0.3 is 6.18 Å². The molecule has 208 valence electrons. The van der Waals surface area contributed by atoms with E-state index >= 15 is 0 Å². The molecular weight excluding hydrogens is 505 g/mol. The van der Waals surface area contributed by atoms with Crippen LogP contribution in [0.4, 0.5) is 13.2 Å². The Labute approximate surface area is 227 Å². The molecule has 1 fully saturated rings. The SMILES string of the molecule is COc1cc(OC2CCN(C(C)(C)CCC(C(N)=O)(c3ccccc3)c3ccccc3)C2)cc(C(F)(F)F)c1. The van der Waals surface area contributed by atoms with Gasteiger partial charge in [0.25, 0.3) is 0 Å². The van der Waals surface area contributed by atoms with Crippen molar-refractivity contribution in [3.8, 4) is 11.5 Å². The number of nitrogens with two attached hydrogens (primary N) is 1. The second kappa shape index (κ2) is 11.3. The topological polar surface area (TPSA) is 64.8 Å². The molecule has 1 saturated heterocycles. The number of benzene rings is 3. The van der Waals surface area contributed by atoms with Crippen molar-refractivity contribution < 1.29 is 27.4 Å². The van der Waals surface area contributed by atoms with Crippen LogP contribution >= 0.6 is 0 Å². The second-order valence-electron chi connectivity index (χ2n) is 10.7. The van der Waals surface area contributed by atoms with Crippen molar-refractivity contribution in [2.75, 3.05) is 20.2 Å². The number of likely N-dealkylation sites (tertiary alicyclic amines) is 1. The zero-order valence-electron chi connectivity index (χ0n) is 22.5. The van der Waals surface area contributed by atoms with Gasteiger partial charge in [0, 0.05) is 24.7 Å². The van der Waals surface area contributed by atoms with Crippen LogP contribution in [-0.2, 0) is 16.4 Å². The molecule has 0 aromatic heterocycles. The van der Waals surface area contributed by atoms with E-state index in [0.717, 1.165) is 23.3 Å². The maximum Gasteiger partial charge on any atom is 0.416 e. The largest absolute Gasteiger partial charge is 0.497 e. The van der Waals surface area contributed by atoms with Crippen LogP contribution in [0.3, 0.4) is 0 Å². The van der Waals surface area contributed by atoms with E-state index in [4.69, 9.17) is 15.2 Å². The summed E-state index contributed by atoms with van der Waals surface area (Å²) in [4.78, 5) is 15.4. The number of nitrogens with zero attached hydrogens (tertiary/aromatic N) is 1. The van der Waals surface area contributed by atoms with Gasteiger partial charge < -0.3 is 15.2 Å². The zero-order chi connectivity index (χ0) is 28.3. The smallest absolute Gasteiger partial charge is 0.416 e. The quantitative estimate of drug-likeness (QED) is 0.333. The van der Waals surface area contributed by atoms with Gasteiger partial charge in [-0.25, -0.2) is 0 Å². The molecule has 1 unspecified atom stereocenters. The number of hydrogen-bond donors (Lipinski definition) is 1. The minimum Gasteiger partial charge on any atom is -0.497 e. The molecule has 2 N–H and O–H groups in total. The summed E-state index contributed by atoms with van der Waals surface area (Å²) in [7, 11) is 1.33. The van der Waals surface area contributed by atoms with Gasteiger partial charge in [0.2, 0.25) is 5.91 Å². The second-order valence-corrected chi connectivity index (χ2v) is 10.7. The molecule has 0 bridgehead atoms. The van der Waals surface area contributed by atoms with Crippen molar-refractivity contribution in [1.29, 1.82) is 0 Å². The Kier molecular flexibility index (Phi) is 8.25. The Morgan fingerprint density at radius 1 is 0.897 bits per heavy atom. The number of amides is 1. The van der Waals surface area contributed by atoms with Gasteiger partial charge in [-0.15, -0.1) is 0 Å². The molecule has 1 aliphatic heterocycles. The lowest BCUT2D eigenvalue weighted by Crippen LogP contribution is -2.47. The van der Waals surface area contributed by atoms with Gasteiger partial charge in [-0.2, -0.15) is 13.2 Å². The monoisotopic (exact) mass is 540 g/mol. The average Bonchev–Trinajstić information content (AvgIpc) is 3.39. The highest BCUT2D eigenvalue weighted by molar-refractivity contribution is 5.90. The van der Waals surface area contributed by atoms with Gasteiger partial charge in [-0.3, -0.25) is 9.69 Å². The number of carbonyl (C=O) groups is 1. The number of hydrogen-bond acceptors (Lipinski definition) is 4. The predicted molar refractivity (Wildman–Crippen MR) is 145 cm³/mol. The molecule has 1 aliphatic rings. The maximum absolute atomic E-state index is 13.3. The van der Waals surface area contributed by atoms with Crippen LogP contribution in [0, 0.1) is 0 Å². The highest BCUT2D eigenvalue weighted by atomic mass is 19.4. The summed E-state index contributed by atoms with van der Waals surface area (Å²) in [5, 5.41) is 0. The number of alkyl halides is 3. The first-order valence-corrected chi connectivity index (χ1v) is 13.0. The lowest BCUT2D eigenvalue weighted by molar-refractivity contribution is -0.137. The first-order valence-electron chi connectivity index (χ1n) is 13.0. The predicted octanol–water partition coefficient (Wildman–Crippen LogP) is 6.20. The van der Waals surface area contributed by atoms with E-state index in [2.05, 4.69) is 18.7 Å². The Morgan fingerprint density at radius 2 is 1.46 bits per heavy atom.